The molecule has 3 aromatic rings. The van der Waals surface area contributed by atoms with E-state index in [4.69, 9.17) is 20.8 Å². The number of amides is 1. The maximum absolute atomic E-state index is 13.0. The van der Waals surface area contributed by atoms with Crippen molar-refractivity contribution in [3.05, 3.63) is 77.5 Å². The van der Waals surface area contributed by atoms with E-state index in [0.717, 1.165) is 5.56 Å². The molecule has 0 spiro atoms. The number of sulfone groups is 1. The smallest absolute Gasteiger partial charge is 0.261 e. The lowest BCUT2D eigenvalue weighted by Gasteiger charge is -2.27. The summed E-state index contributed by atoms with van der Waals surface area (Å²) in [7, 11) is -3.16. The summed E-state index contributed by atoms with van der Waals surface area (Å²) in [6, 6.07) is 19.5. The summed E-state index contributed by atoms with van der Waals surface area (Å²) >= 11 is 6.06. The summed E-state index contributed by atoms with van der Waals surface area (Å²) in [4.78, 5) is 14.5. The molecule has 8 heteroatoms. The van der Waals surface area contributed by atoms with Crippen molar-refractivity contribution in [3.8, 4) is 17.1 Å². The second-order valence-electron chi connectivity index (χ2n) is 7.46. The van der Waals surface area contributed by atoms with Crippen LogP contribution in [0.1, 0.15) is 12.2 Å². The SMILES string of the molecule is O=C(COc1ccccc1)N(Cc1ccc(-c2cccc(Cl)c2)o1)[C@@H]1CCS(=O)(=O)C1. The lowest BCUT2D eigenvalue weighted by atomic mass is 10.2. The molecule has 0 unspecified atom stereocenters. The summed E-state index contributed by atoms with van der Waals surface area (Å²) in [6.07, 6.45) is 0.404. The number of carbonyl (C=O) groups is 1. The molecule has 1 aromatic heterocycles. The number of halogens is 1. The molecule has 0 N–H and O–H groups in total. The fourth-order valence-electron chi connectivity index (χ4n) is 3.61. The standard InChI is InChI=1S/C23H22ClNO5S/c24-18-6-4-5-17(13-18)22-10-9-21(30-22)14-25(19-11-12-31(27,28)16-19)23(26)15-29-20-7-2-1-3-8-20/h1-10,13,19H,11-12,14-16H2/t19-/m1/s1. The third-order valence-corrected chi connectivity index (χ3v) is 7.16. The Hall–Kier alpha value is -2.77. The highest BCUT2D eigenvalue weighted by atomic mass is 35.5. The molecule has 0 aliphatic carbocycles. The van der Waals surface area contributed by atoms with Crippen LogP contribution in [0, 0.1) is 0 Å². The van der Waals surface area contributed by atoms with Gasteiger partial charge in [-0.05, 0) is 42.8 Å². The minimum atomic E-state index is -3.16. The van der Waals surface area contributed by atoms with Crippen molar-refractivity contribution in [1.29, 1.82) is 0 Å². The largest absolute Gasteiger partial charge is 0.484 e. The molecular formula is C23H22ClNO5S. The average Bonchev–Trinajstić information content (AvgIpc) is 3.37. The summed E-state index contributed by atoms with van der Waals surface area (Å²) < 4.78 is 35.6. The lowest BCUT2D eigenvalue weighted by molar-refractivity contribution is -0.136. The third-order valence-electron chi connectivity index (χ3n) is 5.17. The van der Waals surface area contributed by atoms with Crippen LogP contribution in [0.5, 0.6) is 5.75 Å². The molecule has 2 aromatic carbocycles. The molecule has 1 fully saturated rings. The molecule has 1 saturated heterocycles. The number of ether oxygens (including phenoxy) is 1. The van der Waals surface area contributed by atoms with E-state index >= 15 is 0 Å². The van der Waals surface area contributed by atoms with Gasteiger partial charge in [0.25, 0.3) is 5.91 Å². The van der Waals surface area contributed by atoms with Crippen molar-refractivity contribution in [2.45, 2.75) is 19.0 Å². The van der Waals surface area contributed by atoms with E-state index in [1.54, 1.807) is 35.2 Å². The van der Waals surface area contributed by atoms with Gasteiger partial charge in [-0.2, -0.15) is 0 Å². The van der Waals surface area contributed by atoms with E-state index in [2.05, 4.69) is 0 Å². The minimum absolute atomic E-state index is 0.0497. The number of nitrogens with zero attached hydrogens (tertiary/aromatic N) is 1. The topological polar surface area (TPSA) is 76.8 Å². The summed E-state index contributed by atoms with van der Waals surface area (Å²) in [5.41, 5.74) is 0.826. The summed E-state index contributed by atoms with van der Waals surface area (Å²) in [5, 5.41) is 0.599. The Labute approximate surface area is 186 Å². The Balaban J connectivity index is 1.51. The molecule has 1 amide bonds. The molecule has 1 aliphatic heterocycles. The number of rotatable bonds is 7. The first-order chi connectivity index (χ1) is 14.9. The van der Waals surface area contributed by atoms with Gasteiger partial charge in [-0.15, -0.1) is 0 Å². The molecular weight excluding hydrogens is 438 g/mol. The maximum Gasteiger partial charge on any atom is 0.261 e. The van der Waals surface area contributed by atoms with Gasteiger partial charge in [-0.3, -0.25) is 4.79 Å². The number of carbonyl (C=O) groups excluding carboxylic acids is 1. The van der Waals surface area contributed by atoms with Crippen molar-refractivity contribution < 1.29 is 22.4 Å². The van der Waals surface area contributed by atoms with Crippen molar-refractivity contribution >= 4 is 27.3 Å². The zero-order valence-electron chi connectivity index (χ0n) is 16.7. The molecule has 6 nitrogen and oxygen atoms in total. The number of para-hydroxylation sites is 1. The van der Waals surface area contributed by atoms with Gasteiger partial charge in [0.1, 0.15) is 17.3 Å². The van der Waals surface area contributed by atoms with Crippen LogP contribution in [-0.2, 0) is 21.2 Å². The van der Waals surface area contributed by atoms with Crippen LogP contribution in [0.4, 0.5) is 0 Å². The lowest BCUT2D eigenvalue weighted by Crippen LogP contribution is -2.43. The van der Waals surface area contributed by atoms with Crippen molar-refractivity contribution in [2.75, 3.05) is 18.1 Å². The maximum atomic E-state index is 13.0. The first-order valence-electron chi connectivity index (χ1n) is 9.92. The highest BCUT2D eigenvalue weighted by Crippen LogP contribution is 2.27. The highest BCUT2D eigenvalue weighted by molar-refractivity contribution is 7.91. The average molecular weight is 460 g/mol. The van der Waals surface area contributed by atoms with Crippen LogP contribution in [0.2, 0.25) is 5.02 Å². The predicted octanol–water partition coefficient (Wildman–Crippen LogP) is 4.19. The normalized spacial score (nSPS) is 17.4. The van der Waals surface area contributed by atoms with Gasteiger partial charge in [0.15, 0.2) is 16.4 Å². The van der Waals surface area contributed by atoms with Gasteiger partial charge in [0.05, 0.1) is 18.1 Å². The Kier molecular flexibility index (Phi) is 6.34. The Morgan fingerprint density at radius 3 is 2.61 bits per heavy atom. The molecule has 0 radical (unpaired) electrons. The molecule has 4 rings (SSSR count). The van der Waals surface area contributed by atoms with Gasteiger partial charge in [0.2, 0.25) is 0 Å². The second kappa shape index (κ2) is 9.16. The Morgan fingerprint density at radius 1 is 1.10 bits per heavy atom. The summed E-state index contributed by atoms with van der Waals surface area (Å²) in [6.45, 7) is -0.0137. The minimum Gasteiger partial charge on any atom is -0.484 e. The van der Waals surface area contributed by atoms with Gasteiger partial charge in [0, 0.05) is 16.6 Å². The van der Waals surface area contributed by atoms with E-state index in [1.807, 2.05) is 36.4 Å². The first-order valence-corrected chi connectivity index (χ1v) is 12.1. The molecule has 162 valence electrons. The first kappa shape index (κ1) is 21.5. The van der Waals surface area contributed by atoms with Gasteiger partial charge in [-0.25, -0.2) is 8.42 Å². The van der Waals surface area contributed by atoms with Crippen LogP contribution >= 0.6 is 11.6 Å². The quantitative estimate of drug-likeness (QED) is 0.529. The van der Waals surface area contributed by atoms with E-state index in [-0.39, 0.29) is 30.6 Å². The van der Waals surface area contributed by atoms with Crippen LogP contribution in [0.3, 0.4) is 0 Å². The molecule has 0 bridgehead atoms. The van der Waals surface area contributed by atoms with E-state index in [9.17, 15) is 13.2 Å². The second-order valence-corrected chi connectivity index (χ2v) is 10.1. The van der Waals surface area contributed by atoms with Crippen molar-refractivity contribution in [1.82, 2.24) is 4.90 Å². The Bertz CT molecular complexity index is 1160. The van der Waals surface area contributed by atoms with E-state index < -0.39 is 15.9 Å². The third kappa shape index (κ3) is 5.48. The van der Waals surface area contributed by atoms with Crippen LogP contribution in [0.15, 0.2) is 71.1 Å². The van der Waals surface area contributed by atoms with Crippen LogP contribution in [-0.4, -0.2) is 43.4 Å². The van der Waals surface area contributed by atoms with Crippen LogP contribution in [0.25, 0.3) is 11.3 Å². The predicted molar refractivity (Wildman–Crippen MR) is 119 cm³/mol. The monoisotopic (exact) mass is 459 g/mol. The zero-order valence-corrected chi connectivity index (χ0v) is 18.3. The number of hydrogen-bond acceptors (Lipinski definition) is 5. The number of furan rings is 1. The van der Waals surface area contributed by atoms with E-state index in [0.29, 0.717) is 28.7 Å². The number of benzene rings is 2. The molecule has 1 aliphatic rings. The summed E-state index contributed by atoms with van der Waals surface area (Å²) in [5.74, 6) is 1.51. The molecule has 31 heavy (non-hydrogen) atoms. The van der Waals surface area contributed by atoms with Gasteiger partial charge >= 0.3 is 0 Å². The fourth-order valence-corrected chi connectivity index (χ4v) is 5.54. The van der Waals surface area contributed by atoms with Gasteiger partial charge in [-0.1, -0.05) is 41.9 Å². The van der Waals surface area contributed by atoms with Gasteiger partial charge < -0.3 is 14.1 Å². The van der Waals surface area contributed by atoms with Crippen LogP contribution < -0.4 is 4.74 Å². The van der Waals surface area contributed by atoms with E-state index in [1.165, 1.54) is 0 Å². The zero-order chi connectivity index (χ0) is 21.8. The van der Waals surface area contributed by atoms with Crippen molar-refractivity contribution in [3.63, 3.8) is 0 Å². The van der Waals surface area contributed by atoms with Crippen molar-refractivity contribution in [2.24, 2.45) is 0 Å². The number of hydrogen-bond donors (Lipinski definition) is 0. The Morgan fingerprint density at radius 2 is 1.90 bits per heavy atom. The molecule has 1 atom stereocenters. The fraction of sp³-hybridized carbons (Fsp3) is 0.261. The molecule has 2 heterocycles. The molecule has 0 saturated carbocycles. The highest BCUT2D eigenvalue weighted by Gasteiger charge is 2.35.